The van der Waals surface area contributed by atoms with E-state index in [-0.39, 0.29) is 5.60 Å². The van der Waals surface area contributed by atoms with Crippen LogP contribution < -0.4 is 5.73 Å². The van der Waals surface area contributed by atoms with E-state index in [9.17, 15) is 0 Å². The van der Waals surface area contributed by atoms with E-state index in [1.165, 1.54) is 0 Å². The summed E-state index contributed by atoms with van der Waals surface area (Å²) in [6.07, 6.45) is 1.81. The van der Waals surface area contributed by atoms with Gasteiger partial charge in [-0.3, -0.25) is 0 Å². The minimum absolute atomic E-state index is 0.277. The summed E-state index contributed by atoms with van der Waals surface area (Å²) in [6, 6.07) is 1.92. The van der Waals surface area contributed by atoms with Gasteiger partial charge in [-0.05, 0) is 43.0 Å². The molecule has 1 rings (SSSR count). The molecule has 0 amide bonds. The zero-order valence-corrected chi connectivity index (χ0v) is 13.2. The molecule has 2 N–H and O–H groups in total. The van der Waals surface area contributed by atoms with Gasteiger partial charge in [-0.2, -0.15) is 0 Å². The monoisotopic (exact) mass is 252 g/mol. The number of pyridine rings is 1. The fraction of sp³-hybridized carbons (Fsp3) is 0.615. The molecule has 0 aromatic carbocycles. The van der Waals surface area contributed by atoms with Gasteiger partial charge < -0.3 is 10.2 Å². The molecule has 4 heteroatoms. The van der Waals surface area contributed by atoms with Gasteiger partial charge >= 0.3 is 0 Å². The number of nitrogens with zero attached hydrogens (tertiary/aromatic N) is 1. The van der Waals surface area contributed by atoms with E-state index in [2.05, 4.69) is 39.6 Å². The maximum atomic E-state index is 6.17. The van der Waals surface area contributed by atoms with E-state index in [1.807, 2.05) is 19.2 Å². The molecule has 0 fully saturated rings. The van der Waals surface area contributed by atoms with Crippen molar-refractivity contribution in [1.29, 1.82) is 0 Å². The Morgan fingerprint density at radius 2 is 1.82 bits per heavy atom. The lowest BCUT2D eigenvalue weighted by Gasteiger charge is -2.31. The molecule has 96 valence electrons. The van der Waals surface area contributed by atoms with Gasteiger partial charge in [0.1, 0.15) is 5.82 Å². The van der Waals surface area contributed by atoms with Crippen LogP contribution in [0.15, 0.2) is 12.3 Å². The highest BCUT2D eigenvalue weighted by atomic mass is 28.2. The van der Waals surface area contributed by atoms with E-state index in [0.717, 1.165) is 11.1 Å². The molecule has 0 bridgehead atoms. The van der Waals surface area contributed by atoms with Crippen LogP contribution in [-0.2, 0) is 10.0 Å². The normalized spacial score (nSPS) is 13.5. The second-order valence-corrected chi connectivity index (χ2v) is 8.98. The lowest BCUT2D eigenvalue weighted by molar-refractivity contribution is 0.109. The first kappa shape index (κ1) is 14.2. The standard InChI is InChI=1S/C13H24N2OSi/c1-9-8-15-11(14)7-10(9)13(5,6)16-17-12(2,3)4/h7-8H,17H2,1-6H3,(H2,14,15). The SMILES string of the molecule is Cc1cnc(N)cc1C(C)(C)O[SiH2]C(C)(C)C. The zero-order chi connectivity index (χ0) is 13.3. The second kappa shape index (κ2) is 4.78. The summed E-state index contributed by atoms with van der Waals surface area (Å²) >= 11 is 0. The van der Waals surface area contributed by atoms with Crippen molar-refractivity contribution >= 4 is 15.6 Å². The Morgan fingerprint density at radius 3 is 2.35 bits per heavy atom. The van der Waals surface area contributed by atoms with E-state index in [0.29, 0.717) is 10.9 Å². The molecule has 0 saturated heterocycles. The van der Waals surface area contributed by atoms with Gasteiger partial charge in [-0.25, -0.2) is 4.98 Å². The molecule has 0 radical (unpaired) electrons. The second-order valence-electron chi connectivity index (χ2n) is 6.28. The fourth-order valence-corrected chi connectivity index (χ4v) is 2.61. The summed E-state index contributed by atoms with van der Waals surface area (Å²) in [5.74, 6) is 0.555. The number of nitrogens with two attached hydrogens (primary N) is 1. The van der Waals surface area contributed by atoms with Crippen LogP contribution in [0.1, 0.15) is 45.7 Å². The maximum Gasteiger partial charge on any atom is 0.168 e. The summed E-state index contributed by atoms with van der Waals surface area (Å²) in [5, 5.41) is 0.295. The van der Waals surface area contributed by atoms with Crippen LogP contribution in [0.25, 0.3) is 0 Å². The average molecular weight is 252 g/mol. The largest absolute Gasteiger partial charge is 0.415 e. The molecule has 1 aromatic heterocycles. The molecular weight excluding hydrogens is 228 g/mol. The van der Waals surface area contributed by atoms with Crippen molar-refractivity contribution in [3.8, 4) is 0 Å². The molecule has 0 spiro atoms. The van der Waals surface area contributed by atoms with Crippen molar-refractivity contribution in [2.75, 3.05) is 5.73 Å². The molecule has 0 unspecified atom stereocenters. The van der Waals surface area contributed by atoms with E-state index in [1.54, 1.807) is 0 Å². The highest BCUT2D eigenvalue weighted by Crippen LogP contribution is 2.31. The first-order chi connectivity index (χ1) is 7.62. The van der Waals surface area contributed by atoms with Crippen LogP contribution in [0.3, 0.4) is 0 Å². The Bertz CT molecular complexity index is 397. The van der Waals surface area contributed by atoms with Crippen molar-refractivity contribution in [2.24, 2.45) is 0 Å². The smallest absolute Gasteiger partial charge is 0.168 e. The number of hydrogen-bond acceptors (Lipinski definition) is 3. The minimum Gasteiger partial charge on any atom is -0.415 e. The molecule has 0 aliphatic rings. The molecule has 0 aliphatic carbocycles. The molecule has 0 atom stereocenters. The summed E-state index contributed by atoms with van der Waals surface area (Å²) in [7, 11) is -0.588. The van der Waals surface area contributed by atoms with Crippen molar-refractivity contribution in [2.45, 2.75) is 52.2 Å². The topological polar surface area (TPSA) is 48.1 Å². The first-order valence-electron chi connectivity index (χ1n) is 5.98. The first-order valence-corrected chi connectivity index (χ1v) is 7.27. The maximum absolute atomic E-state index is 6.17. The molecule has 1 heterocycles. The predicted molar refractivity (Wildman–Crippen MR) is 75.8 cm³/mol. The van der Waals surface area contributed by atoms with Gasteiger partial charge in [0, 0.05) is 6.20 Å². The van der Waals surface area contributed by atoms with Gasteiger partial charge in [0.2, 0.25) is 0 Å². The van der Waals surface area contributed by atoms with Crippen molar-refractivity contribution < 1.29 is 4.43 Å². The minimum atomic E-state index is -0.588. The number of rotatable bonds is 3. The van der Waals surface area contributed by atoms with Gasteiger partial charge in [-0.1, -0.05) is 20.8 Å². The molecule has 0 aliphatic heterocycles. The third-order valence-corrected chi connectivity index (χ3v) is 4.37. The highest BCUT2D eigenvalue weighted by molar-refractivity contribution is 6.31. The summed E-state index contributed by atoms with van der Waals surface area (Å²) in [5.41, 5.74) is 7.75. The van der Waals surface area contributed by atoms with Crippen molar-refractivity contribution in [3.05, 3.63) is 23.4 Å². The number of aryl methyl sites for hydroxylation is 1. The summed E-state index contributed by atoms with van der Waals surface area (Å²) in [4.78, 5) is 4.10. The van der Waals surface area contributed by atoms with E-state index < -0.39 is 9.76 Å². The number of anilines is 1. The molecule has 0 saturated carbocycles. The van der Waals surface area contributed by atoms with Gasteiger partial charge in [0.05, 0.1) is 5.60 Å². The third kappa shape index (κ3) is 4.13. The van der Waals surface area contributed by atoms with Crippen LogP contribution in [0.2, 0.25) is 5.04 Å². The van der Waals surface area contributed by atoms with E-state index >= 15 is 0 Å². The Morgan fingerprint density at radius 1 is 1.24 bits per heavy atom. The summed E-state index contributed by atoms with van der Waals surface area (Å²) < 4.78 is 6.17. The van der Waals surface area contributed by atoms with Crippen LogP contribution in [0, 0.1) is 6.92 Å². The molecule has 17 heavy (non-hydrogen) atoms. The number of aromatic nitrogens is 1. The fourth-order valence-electron chi connectivity index (χ4n) is 1.66. The molecule has 3 nitrogen and oxygen atoms in total. The lowest BCUT2D eigenvalue weighted by Crippen LogP contribution is -2.28. The van der Waals surface area contributed by atoms with Crippen LogP contribution in [0.5, 0.6) is 0 Å². The van der Waals surface area contributed by atoms with Crippen LogP contribution in [-0.4, -0.2) is 14.7 Å². The highest BCUT2D eigenvalue weighted by Gasteiger charge is 2.26. The average Bonchev–Trinajstić information content (AvgIpc) is 2.18. The Hall–Kier alpha value is -0.873. The number of hydrogen-bond donors (Lipinski definition) is 1. The van der Waals surface area contributed by atoms with E-state index in [4.69, 9.17) is 10.2 Å². The predicted octanol–water partition coefficient (Wildman–Crippen LogP) is 2.53. The van der Waals surface area contributed by atoms with Gasteiger partial charge in [-0.15, -0.1) is 0 Å². The quantitative estimate of drug-likeness (QED) is 0.841. The zero-order valence-electron chi connectivity index (χ0n) is 11.8. The van der Waals surface area contributed by atoms with Crippen LogP contribution in [0.4, 0.5) is 5.82 Å². The Labute approximate surface area is 107 Å². The van der Waals surface area contributed by atoms with Crippen molar-refractivity contribution in [3.63, 3.8) is 0 Å². The number of nitrogen functional groups attached to an aromatic ring is 1. The third-order valence-electron chi connectivity index (χ3n) is 2.64. The van der Waals surface area contributed by atoms with Gasteiger partial charge in [0.15, 0.2) is 9.76 Å². The lowest BCUT2D eigenvalue weighted by atomic mass is 9.95. The molecule has 1 aromatic rings. The summed E-state index contributed by atoms with van der Waals surface area (Å²) in [6.45, 7) is 12.9. The van der Waals surface area contributed by atoms with Crippen LogP contribution >= 0.6 is 0 Å². The Kier molecular flexibility index (Phi) is 3.99. The van der Waals surface area contributed by atoms with Crippen molar-refractivity contribution in [1.82, 2.24) is 4.98 Å². The van der Waals surface area contributed by atoms with Gasteiger partial charge in [0.25, 0.3) is 0 Å². The molecular formula is C13H24N2OSi. The Balaban J connectivity index is 2.92.